The summed E-state index contributed by atoms with van der Waals surface area (Å²) in [7, 11) is 3.68. The lowest BCUT2D eigenvalue weighted by atomic mass is 9.95. The Morgan fingerprint density at radius 1 is 1.06 bits per heavy atom. The van der Waals surface area contributed by atoms with Gasteiger partial charge in [0.2, 0.25) is 0 Å². The Morgan fingerprint density at radius 2 is 1.81 bits per heavy atom. The number of nitrogens with one attached hydrogen (secondary N) is 2. The smallest absolute Gasteiger partial charge is 0.340 e. The van der Waals surface area contributed by atoms with E-state index in [1.165, 1.54) is 6.20 Å². The van der Waals surface area contributed by atoms with Crippen LogP contribution in [0.1, 0.15) is 28.9 Å². The molecule has 9 nitrogen and oxygen atoms in total. The fourth-order valence-electron chi connectivity index (χ4n) is 3.07. The van der Waals surface area contributed by atoms with Gasteiger partial charge in [-0.05, 0) is 24.6 Å². The van der Waals surface area contributed by atoms with Crippen LogP contribution in [0.25, 0.3) is 0 Å². The van der Waals surface area contributed by atoms with Crippen LogP contribution in [0.5, 0.6) is 0 Å². The molecular weight excluding hydrogens is 400 g/mol. The van der Waals surface area contributed by atoms with Crippen LogP contribution >= 0.6 is 0 Å². The number of aromatic nitrogens is 1. The van der Waals surface area contributed by atoms with E-state index in [0.717, 1.165) is 0 Å². The molecule has 2 N–H and O–H groups in total. The fourth-order valence-corrected chi connectivity index (χ4v) is 3.07. The zero-order chi connectivity index (χ0) is 22.4. The third-order valence-corrected chi connectivity index (χ3v) is 4.57. The van der Waals surface area contributed by atoms with Crippen molar-refractivity contribution in [2.24, 2.45) is 0 Å². The topological polar surface area (TPSA) is 110 Å². The molecule has 0 aliphatic carbocycles. The first kappa shape index (κ1) is 21.8. The van der Waals surface area contributed by atoms with Crippen molar-refractivity contribution in [2.45, 2.75) is 13.0 Å². The molecule has 1 aromatic heterocycles. The SMILES string of the molecule is CCOC(=O)C1=C(COC(=O)c2ccc(N(C)C)nc2)NC(=O)N[C@H]1c1ccccc1. The molecule has 1 aliphatic rings. The number of benzene rings is 1. The van der Waals surface area contributed by atoms with Gasteiger partial charge in [0.05, 0.1) is 29.5 Å². The van der Waals surface area contributed by atoms with Gasteiger partial charge in [-0.15, -0.1) is 0 Å². The second-order valence-corrected chi connectivity index (χ2v) is 6.93. The molecule has 2 heterocycles. The molecular formula is C22H24N4O5. The van der Waals surface area contributed by atoms with Gasteiger partial charge in [-0.1, -0.05) is 30.3 Å². The molecule has 0 unspecified atom stereocenters. The number of esters is 2. The number of hydrogen-bond acceptors (Lipinski definition) is 7. The monoisotopic (exact) mass is 424 g/mol. The van der Waals surface area contributed by atoms with Gasteiger partial charge in [-0.25, -0.2) is 19.4 Å². The summed E-state index contributed by atoms with van der Waals surface area (Å²) < 4.78 is 10.5. The number of rotatable bonds is 7. The lowest BCUT2D eigenvalue weighted by Gasteiger charge is -2.29. The van der Waals surface area contributed by atoms with Crippen molar-refractivity contribution < 1.29 is 23.9 Å². The molecule has 0 radical (unpaired) electrons. The van der Waals surface area contributed by atoms with E-state index in [1.54, 1.807) is 48.2 Å². The van der Waals surface area contributed by atoms with Crippen LogP contribution in [0.15, 0.2) is 59.9 Å². The zero-order valence-corrected chi connectivity index (χ0v) is 17.5. The maximum absolute atomic E-state index is 12.7. The quantitative estimate of drug-likeness (QED) is 0.656. The molecule has 162 valence electrons. The Balaban J connectivity index is 1.86. The summed E-state index contributed by atoms with van der Waals surface area (Å²) >= 11 is 0. The fraction of sp³-hybridized carbons (Fsp3) is 0.273. The van der Waals surface area contributed by atoms with Crippen molar-refractivity contribution in [3.63, 3.8) is 0 Å². The van der Waals surface area contributed by atoms with Gasteiger partial charge in [0, 0.05) is 20.3 Å². The normalized spacial score (nSPS) is 15.6. The summed E-state index contributed by atoms with van der Waals surface area (Å²) in [5.74, 6) is -0.537. The molecule has 1 atom stereocenters. The van der Waals surface area contributed by atoms with Crippen molar-refractivity contribution in [3.05, 3.63) is 71.1 Å². The first-order chi connectivity index (χ1) is 14.9. The first-order valence-electron chi connectivity index (χ1n) is 9.73. The van der Waals surface area contributed by atoms with E-state index in [-0.39, 0.29) is 30.0 Å². The Hall–Kier alpha value is -3.88. The van der Waals surface area contributed by atoms with Gasteiger partial charge in [0.25, 0.3) is 0 Å². The molecule has 0 spiro atoms. The van der Waals surface area contributed by atoms with E-state index in [9.17, 15) is 14.4 Å². The van der Waals surface area contributed by atoms with Gasteiger partial charge < -0.3 is 25.0 Å². The van der Waals surface area contributed by atoms with Crippen molar-refractivity contribution in [3.8, 4) is 0 Å². The predicted octanol–water partition coefficient (Wildman–Crippen LogP) is 2.18. The summed E-state index contributed by atoms with van der Waals surface area (Å²) in [6.45, 7) is 1.54. The highest BCUT2D eigenvalue weighted by atomic mass is 16.5. The molecule has 0 fully saturated rings. The number of carbonyl (C=O) groups excluding carboxylic acids is 3. The number of nitrogens with zero attached hydrogens (tertiary/aromatic N) is 2. The highest BCUT2D eigenvalue weighted by Crippen LogP contribution is 2.28. The molecule has 9 heteroatoms. The zero-order valence-electron chi connectivity index (χ0n) is 17.5. The van der Waals surface area contributed by atoms with Crippen LogP contribution < -0.4 is 15.5 Å². The largest absolute Gasteiger partial charge is 0.463 e. The van der Waals surface area contributed by atoms with Crippen LogP contribution in [-0.4, -0.2) is 50.3 Å². The molecule has 3 rings (SSSR count). The van der Waals surface area contributed by atoms with Crippen molar-refractivity contribution in [1.82, 2.24) is 15.6 Å². The third-order valence-electron chi connectivity index (χ3n) is 4.57. The molecule has 0 saturated carbocycles. The molecule has 1 aliphatic heterocycles. The van der Waals surface area contributed by atoms with Gasteiger partial charge in [-0.2, -0.15) is 0 Å². The second kappa shape index (κ2) is 9.75. The number of urea groups is 1. The minimum Gasteiger partial charge on any atom is -0.463 e. The van der Waals surface area contributed by atoms with E-state index < -0.39 is 24.0 Å². The lowest BCUT2D eigenvalue weighted by molar-refractivity contribution is -0.139. The number of pyridine rings is 1. The van der Waals surface area contributed by atoms with Crippen molar-refractivity contribution in [2.75, 3.05) is 32.2 Å². The molecule has 31 heavy (non-hydrogen) atoms. The Labute approximate surface area is 180 Å². The van der Waals surface area contributed by atoms with Crippen LogP contribution in [0.4, 0.5) is 10.6 Å². The first-order valence-corrected chi connectivity index (χ1v) is 9.73. The number of ether oxygens (including phenoxy) is 2. The minimum atomic E-state index is -0.733. The van der Waals surface area contributed by atoms with E-state index >= 15 is 0 Å². The molecule has 2 aromatic rings. The van der Waals surface area contributed by atoms with Crippen LogP contribution in [0, 0.1) is 0 Å². The summed E-state index contributed by atoms with van der Waals surface area (Å²) in [5, 5.41) is 5.29. The standard InChI is InChI=1S/C22H24N4O5/c1-4-30-21(28)18-16(24-22(29)25-19(18)14-8-6-5-7-9-14)13-31-20(27)15-10-11-17(23-12-15)26(2)3/h5-12,19H,4,13H2,1-3H3,(H2,24,25,29)/t19-/m0/s1. The van der Waals surface area contributed by atoms with Gasteiger partial charge in [-0.3, -0.25) is 0 Å². The summed E-state index contributed by atoms with van der Waals surface area (Å²) in [5.41, 5.74) is 1.31. The Kier molecular flexibility index (Phi) is 6.86. The number of anilines is 1. The Morgan fingerprint density at radius 3 is 2.42 bits per heavy atom. The van der Waals surface area contributed by atoms with E-state index in [0.29, 0.717) is 11.4 Å². The van der Waals surface area contributed by atoms with Crippen LogP contribution in [0.3, 0.4) is 0 Å². The molecule has 0 saturated heterocycles. The van der Waals surface area contributed by atoms with E-state index in [2.05, 4.69) is 15.6 Å². The maximum atomic E-state index is 12.7. The number of amides is 2. The van der Waals surface area contributed by atoms with Crippen molar-refractivity contribution >= 4 is 23.8 Å². The van der Waals surface area contributed by atoms with Crippen molar-refractivity contribution in [1.29, 1.82) is 0 Å². The summed E-state index contributed by atoms with van der Waals surface area (Å²) in [6.07, 6.45) is 1.41. The van der Waals surface area contributed by atoms with E-state index in [4.69, 9.17) is 9.47 Å². The van der Waals surface area contributed by atoms with E-state index in [1.807, 2.05) is 20.2 Å². The minimum absolute atomic E-state index is 0.161. The summed E-state index contributed by atoms with van der Waals surface area (Å²) in [4.78, 5) is 43.4. The summed E-state index contributed by atoms with van der Waals surface area (Å²) in [6, 6.07) is 11.1. The molecule has 1 aromatic carbocycles. The number of carbonyl (C=O) groups is 3. The highest BCUT2D eigenvalue weighted by molar-refractivity contribution is 5.95. The van der Waals surface area contributed by atoms with Gasteiger partial charge >= 0.3 is 18.0 Å². The molecule has 0 bridgehead atoms. The average Bonchev–Trinajstić information content (AvgIpc) is 2.77. The van der Waals surface area contributed by atoms with Crippen LogP contribution in [-0.2, 0) is 14.3 Å². The van der Waals surface area contributed by atoms with Crippen LogP contribution in [0.2, 0.25) is 0 Å². The molecule has 2 amide bonds. The maximum Gasteiger partial charge on any atom is 0.340 e. The number of hydrogen-bond donors (Lipinski definition) is 2. The third kappa shape index (κ3) is 5.19. The van der Waals surface area contributed by atoms with Gasteiger partial charge in [0.1, 0.15) is 12.4 Å². The highest BCUT2D eigenvalue weighted by Gasteiger charge is 2.34. The second-order valence-electron chi connectivity index (χ2n) is 6.93. The van der Waals surface area contributed by atoms with Gasteiger partial charge in [0.15, 0.2) is 0 Å². The average molecular weight is 424 g/mol. The lowest BCUT2D eigenvalue weighted by Crippen LogP contribution is -2.47. The predicted molar refractivity (Wildman–Crippen MR) is 113 cm³/mol. The Bertz CT molecular complexity index is 987.